The van der Waals surface area contributed by atoms with E-state index in [-0.39, 0.29) is 19.6 Å². The Hall–Kier alpha value is -3.70. The summed E-state index contributed by atoms with van der Waals surface area (Å²) >= 11 is 0. The van der Waals surface area contributed by atoms with Crippen LogP contribution in [0.15, 0.2) is 66.7 Å². The molecule has 0 aliphatic heterocycles. The molecular weight excluding hydrogens is 449 g/mol. The number of nitrogens with one attached hydrogen (secondary N) is 2. The number of hydrogen-bond acceptors (Lipinski definition) is 3. The summed E-state index contributed by atoms with van der Waals surface area (Å²) in [6, 6.07) is 19.4. The van der Waals surface area contributed by atoms with Gasteiger partial charge in [-0.1, -0.05) is 56.0 Å². The maximum Gasteiger partial charge on any atom is 0.160 e. The quantitative estimate of drug-likeness (QED) is 0.198. The summed E-state index contributed by atoms with van der Waals surface area (Å²) in [5.41, 5.74) is 14.3. The van der Waals surface area contributed by atoms with E-state index in [1.54, 1.807) is 12.1 Å². The molecule has 0 bridgehead atoms. The Balaban J connectivity index is 0.00000304. The Morgan fingerprint density at radius 3 is 2.83 bits per heavy atom. The first-order valence-electron chi connectivity index (χ1n) is 12.1. The molecule has 3 aromatic carbocycles. The van der Waals surface area contributed by atoms with E-state index >= 15 is 0 Å². The number of carbonyl (C=O) groups excluding carboxylic acids is 1. The molecule has 1 atom stereocenters. The van der Waals surface area contributed by atoms with Gasteiger partial charge in [-0.25, -0.2) is 4.39 Å². The fourth-order valence-corrected chi connectivity index (χ4v) is 5.14. The first-order valence-corrected chi connectivity index (χ1v) is 12.1. The van der Waals surface area contributed by atoms with Gasteiger partial charge in [-0.3, -0.25) is 4.79 Å². The largest absolute Gasteiger partial charge is 0.398 e. The van der Waals surface area contributed by atoms with Crippen LogP contribution in [0.4, 0.5) is 10.1 Å². The Morgan fingerprint density at radius 2 is 2.00 bits per heavy atom. The first kappa shape index (κ1) is 25.4. The summed E-state index contributed by atoms with van der Waals surface area (Å²) in [4.78, 5) is 15.9. The van der Waals surface area contributed by atoms with Gasteiger partial charge in [-0.15, -0.1) is 0 Å². The zero-order chi connectivity index (χ0) is 24.4. The molecule has 5 heteroatoms. The van der Waals surface area contributed by atoms with Crippen LogP contribution in [0.3, 0.4) is 0 Å². The number of para-hydroxylation sites is 1. The Kier molecular flexibility index (Phi) is 7.70. The number of benzene rings is 3. The number of rotatable bonds is 8. The zero-order valence-corrected chi connectivity index (χ0v) is 19.9. The van der Waals surface area contributed by atoms with Gasteiger partial charge in [0.15, 0.2) is 5.78 Å². The number of aromatic amines is 1. The van der Waals surface area contributed by atoms with E-state index in [4.69, 9.17) is 5.73 Å². The number of hydrogen-bond donors (Lipinski definition) is 3. The van der Waals surface area contributed by atoms with Gasteiger partial charge in [0.2, 0.25) is 0 Å². The minimum absolute atomic E-state index is 0. The van der Waals surface area contributed by atoms with Crippen LogP contribution in [0.1, 0.15) is 53.4 Å². The van der Waals surface area contributed by atoms with E-state index < -0.39 is 5.82 Å². The topological polar surface area (TPSA) is 70.9 Å². The number of ketones is 1. The van der Waals surface area contributed by atoms with E-state index in [2.05, 4.69) is 59.7 Å². The number of halogens is 1. The molecule has 4 nitrogen and oxygen atoms in total. The third-order valence-electron chi connectivity index (χ3n) is 6.97. The molecule has 0 saturated carbocycles. The highest BCUT2D eigenvalue weighted by molar-refractivity contribution is 5.95. The van der Waals surface area contributed by atoms with Crippen LogP contribution in [0, 0.1) is 12.7 Å². The van der Waals surface area contributed by atoms with Gasteiger partial charge in [0.05, 0.1) is 0 Å². The minimum atomic E-state index is -0.395. The van der Waals surface area contributed by atoms with Crippen molar-refractivity contribution in [3.05, 3.63) is 106 Å². The van der Waals surface area contributed by atoms with Crippen LogP contribution in [0.5, 0.6) is 0 Å². The number of nitrogens with two attached hydrogens (primary N) is 1. The Bertz CT molecular complexity index is 1420. The van der Waals surface area contributed by atoms with Gasteiger partial charge >= 0.3 is 0 Å². The summed E-state index contributed by atoms with van der Waals surface area (Å²) in [6.45, 7) is 3.07. The van der Waals surface area contributed by atoms with Crippen LogP contribution in [0.25, 0.3) is 17.0 Å². The smallest absolute Gasteiger partial charge is 0.160 e. The SMILES string of the molecule is C.Cc1[nH]c2ccccc2c1CCNC1CCc2cc(/C=C/C(=O)Cc3ccc(F)cc3N)ccc21. The number of H-pyrrole nitrogens is 1. The van der Waals surface area contributed by atoms with Gasteiger partial charge in [0, 0.05) is 34.7 Å². The van der Waals surface area contributed by atoms with Crippen molar-refractivity contribution in [1.82, 2.24) is 10.3 Å². The van der Waals surface area contributed by atoms with Crippen molar-refractivity contribution in [2.45, 2.75) is 46.1 Å². The highest BCUT2D eigenvalue weighted by Gasteiger charge is 2.22. The molecule has 4 aromatic rings. The molecule has 1 aliphatic rings. The second-order valence-electron chi connectivity index (χ2n) is 9.35. The molecule has 0 spiro atoms. The second-order valence-corrected chi connectivity index (χ2v) is 9.35. The average Bonchev–Trinajstić information content (AvgIpc) is 3.39. The second kappa shape index (κ2) is 10.9. The lowest BCUT2D eigenvalue weighted by Crippen LogP contribution is -2.22. The van der Waals surface area contributed by atoms with Crippen LogP contribution >= 0.6 is 0 Å². The number of carbonyl (C=O) groups is 1. The lowest BCUT2D eigenvalue weighted by atomic mass is 10.0. The highest BCUT2D eigenvalue weighted by Crippen LogP contribution is 2.32. The monoisotopic (exact) mass is 483 g/mol. The van der Waals surface area contributed by atoms with Gasteiger partial charge in [-0.2, -0.15) is 0 Å². The molecule has 1 heterocycles. The molecule has 0 fully saturated rings. The average molecular weight is 484 g/mol. The van der Waals surface area contributed by atoms with Gasteiger partial charge in [0.1, 0.15) is 5.82 Å². The molecule has 36 heavy (non-hydrogen) atoms. The summed E-state index contributed by atoms with van der Waals surface area (Å²) in [5, 5.41) is 5.06. The Labute approximate surface area is 212 Å². The van der Waals surface area contributed by atoms with Gasteiger partial charge in [-0.05, 0) is 84.8 Å². The lowest BCUT2D eigenvalue weighted by Gasteiger charge is -2.14. The van der Waals surface area contributed by atoms with E-state index in [9.17, 15) is 9.18 Å². The molecule has 1 unspecified atom stereocenters. The normalized spacial score (nSPS) is 14.8. The molecule has 0 amide bonds. The van der Waals surface area contributed by atoms with Crippen LogP contribution in [-0.4, -0.2) is 17.3 Å². The van der Waals surface area contributed by atoms with E-state index in [1.165, 1.54) is 45.4 Å². The molecule has 0 radical (unpaired) electrons. The zero-order valence-electron chi connectivity index (χ0n) is 19.9. The Morgan fingerprint density at radius 1 is 1.17 bits per heavy atom. The summed E-state index contributed by atoms with van der Waals surface area (Å²) < 4.78 is 13.2. The number of allylic oxidation sites excluding steroid dienone is 1. The fourth-order valence-electron chi connectivity index (χ4n) is 5.14. The fraction of sp³-hybridized carbons (Fsp3) is 0.258. The number of nitrogen functional groups attached to an aromatic ring is 1. The van der Waals surface area contributed by atoms with Crippen molar-refractivity contribution in [3.8, 4) is 0 Å². The maximum absolute atomic E-state index is 13.2. The number of aryl methyl sites for hydroxylation is 2. The van der Waals surface area contributed by atoms with Crippen molar-refractivity contribution < 1.29 is 9.18 Å². The van der Waals surface area contributed by atoms with Crippen molar-refractivity contribution in [1.29, 1.82) is 0 Å². The summed E-state index contributed by atoms with van der Waals surface area (Å²) in [5.74, 6) is -0.454. The van der Waals surface area contributed by atoms with Gasteiger partial charge in [0.25, 0.3) is 0 Å². The van der Waals surface area contributed by atoms with E-state index in [0.717, 1.165) is 31.4 Å². The third kappa shape index (κ3) is 5.42. The van der Waals surface area contributed by atoms with E-state index in [1.807, 2.05) is 6.08 Å². The number of fused-ring (bicyclic) bond motifs is 2. The molecule has 1 aromatic heterocycles. The predicted octanol–water partition coefficient (Wildman–Crippen LogP) is 6.48. The highest BCUT2D eigenvalue weighted by atomic mass is 19.1. The van der Waals surface area contributed by atoms with Crippen molar-refractivity contribution >= 4 is 28.4 Å². The third-order valence-corrected chi connectivity index (χ3v) is 6.97. The first-order chi connectivity index (χ1) is 17.0. The molecule has 1 aliphatic carbocycles. The maximum atomic E-state index is 13.2. The van der Waals surface area contributed by atoms with Crippen molar-refractivity contribution in [2.75, 3.05) is 12.3 Å². The van der Waals surface area contributed by atoms with Gasteiger partial charge < -0.3 is 16.0 Å². The minimum Gasteiger partial charge on any atom is -0.398 e. The summed E-state index contributed by atoms with van der Waals surface area (Å²) in [6.07, 6.45) is 6.69. The van der Waals surface area contributed by atoms with E-state index in [0.29, 0.717) is 17.3 Å². The molecule has 0 saturated heterocycles. The number of anilines is 1. The summed E-state index contributed by atoms with van der Waals surface area (Å²) in [7, 11) is 0. The van der Waals surface area contributed by atoms with Crippen LogP contribution in [0.2, 0.25) is 0 Å². The van der Waals surface area contributed by atoms with Crippen LogP contribution in [-0.2, 0) is 24.1 Å². The van der Waals surface area contributed by atoms with Crippen molar-refractivity contribution in [2.24, 2.45) is 0 Å². The standard InChI is InChI=1S/C30H30FN3O.CH4/c1-19-25(27-4-2-3-5-30(27)34-19)14-15-33-29-13-9-21-16-20(7-12-26(21)29)6-11-24(35)17-22-8-10-23(31)18-28(22)32;/h2-8,10-12,16,18,29,33-34H,9,13-15,17,32H2,1H3;1H4/b11-6+;. The lowest BCUT2D eigenvalue weighted by molar-refractivity contribution is -0.113. The molecule has 5 rings (SSSR count). The van der Waals surface area contributed by atoms with Crippen molar-refractivity contribution in [3.63, 3.8) is 0 Å². The van der Waals surface area contributed by atoms with Crippen LogP contribution < -0.4 is 11.1 Å². The molecular formula is C31H34FN3O. The predicted molar refractivity (Wildman–Crippen MR) is 148 cm³/mol. The molecule has 4 N–H and O–H groups in total. The number of aromatic nitrogens is 1. The molecule has 186 valence electrons.